The minimum absolute atomic E-state index is 0.00618. The van der Waals surface area contributed by atoms with Gasteiger partial charge in [0.05, 0.1) is 12.1 Å². The first-order valence-electron chi connectivity index (χ1n) is 12.3. The quantitative estimate of drug-likeness (QED) is 0.463. The molecule has 2 aromatic rings. The lowest BCUT2D eigenvalue weighted by Gasteiger charge is -2.47. The van der Waals surface area contributed by atoms with Gasteiger partial charge in [-0.2, -0.15) is 0 Å². The van der Waals surface area contributed by atoms with Crippen molar-refractivity contribution in [2.24, 2.45) is 5.41 Å². The minimum atomic E-state index is -1.14. The number of amides is 1. The Balaban J connectivity index is 1.50. The van der Waals surface area contributed by atoms with E-state index in [1.807, 2.05) is 36.5 Å². The fourth-order valence-corrected chi connectivity index (χ4v) is 5.06. The summed E-state index contributed by atoms with van der Waals surface area (Å²) in [7, 11) is 0. The maximum absolute atomic E-state index is 11.4. The molecular formula is C27H37N3O4. The molecule has 1 amide bonds. The summed E-state index contributed by atoms with van der Waals surface area (Å²) >= 11 is 0. The molecule has 0 saturated heterocycles. The van der Waals surface area contributed by atoms with E-state index in [0.29, 0.717) is 12.3 Å². The molecule has 34 heavy (non-hydrogen) atoms. The number of carboxylic acid groups (broad SMARTS) is 1. The summed E-state index contributed by atoms with van der Waals surface area (Å²) < 4.78 is 6.35. The summed E-state index contributed by atoms with van der Waals surface area (Å²) in [5, 5.41) is 26.3. The molecule has 4 rings (SSSR count). The summed E-state index contributed by atoms with van der Waals surface area (Å²) in [6.07, 6.45) is 5.21. The van der Waals surface area contributed by atoms with Gasteiger partial charge in [0.25, 0.3) is 0 Å². The molecular weight excluding hydrogens is 430 g/mol. The normalized spacial score (nSPS) is 20.5. The van der Waals surface area contributed by atoms with E-state index in [1.54, 1.807) is 0 Å². The molecule has 0 unspecified atom stereocenters. The van der Waals surface area contributed by atoms with Gasteiger partial charge in [0.1, 0.15) is 5.60 Å². The van der Waals surface area contributed by atoms with E-state index in [2.05, 4.69) is 42.5 Å². The summed E-state index contributed by atoms with van der Waals surface area (Å²) in [4.78, 5) is 16.1. The standard InChI is InChI=1S/C27H37N3O4/c1-26(2,3)14-19-12-20-22(15-27(10-7-11-27)34-24(20)29-16-19)28-17-23(31)21(30-25(32)33)13-18-8-5-4-6-9-18/h4-6,8-9,12,16,21-23,28,30-31H,7,10-11,13-15,17H2,1-3H3,(H,32,33)/t21-,22-,23-/m0/s1. The number of ether oxygens (including phenoxy) is 1. The van der Waals surface area contributed by atoms with Gasteiger partial charge < -0.3 is 25.6 Å². The Hall–Kier alpha value is -2.64. The van der Waals surface area contributed by atoms with Gasteiger partial charge in [0.2, 0.25) is 5.88 Å². The van der Waals surface area contributed by atoms with Gasteiger partial charge in [-0.15, -0.1) is 0 Å². The number of aromatic nitrogens is 1. The number of benzene rings is 1. The van der Waals surface area contributed by atoms with Crippen molar-refractivity contribution in [3.05, 3.63) is 59.3 Å². The Morgan fingerprint density at radius 3 is 2.59 bits per heavy atom. The van der Waals surface area contributed by atoms with Crippen LogP contribution in [0.25, 0.3) is 0 Å². The molecule has 1 spiro atoms. The zero-order chi connectivity index (χ0) is 24.3. The molecule has 1 aliphatic heterocycles. The first kappa shape index (κ1) is 24.5. The highest BCUT2D eigenvalue weighted by Crippen LogP contribution is 2.48. The van der Waals surface area contributed by atoms with Crippen molar-refractivity contribution in [3.63, 3.8) is 0 Å². The Morgan fingerprint density at radius 1 is 1.24 bits per heavy atom. The highest BCUT2D eigenvalue weighted by molar-refractivity contribution is 5.65. The third-order valence-electron chi connectivity index (χ3n) is 6.84. The molecule has 4 N–H and O–H groups in total. The van der Waals surface area contributed by atoms with Gasteiger partial charge in [0, 0.05) is 30.8 Å². The van der Waals surface area contributed by atoms with Crippen molar-refractivity contribution in [2.75, 3.05) is 6.54 Å². The molecule has 3 atom stereocenters. The first-order chi connectivity index (χ1) is 16.1. The van der Waals surface area contributed by atoms with Crippen LogP contribution in [0.5, 0.6) is 5.88 Å². The molecule has 0 radical (unpaired) electrons. The number of hydrogen-bond acceptors (Lipinski definition) is 5. The summed E-state index contributed by atoms with van der Waals surface area (Å²) in [5.41, 5.74) is 3.13. The van der Waals surface area contributed by atoms with Crippen LogP contribution in [0.15, 0.2) is 42.6 Å². The van der Waals surface area contributed by atoms with Crippen molar-refractivity contribution < 1.29 is 19.7 Å². The number of carbonyl (C=O) groups is 1. The lowest BCUT2D eigenvalue weighted by molar-refractivity contribution is -0.0421. The molecule has 1 saturated carbocycles. The van der Waals surface area contributed by atoms with E-state index >= 15 is 0 Å². The molecule has 1 aromatic heterocycles. The molecule has 1 aromatic carbocycles. The number of aliphatic hydroxyl groups is 1. The van der Waals surface area contributed by atoms with Gasteiger partial charge in [-0.1, -0.05) is 51.1 Å². The number of fused-ring (bicyclic) bond motifs is 1. The highest BCUT2D eigenvalue weighted by atomic mass is 16.5. The Labute approximate surface area is 201 Å². The molecule has 2 heterocycles. The van der Waals surface area contributed by atoms with Crippen molar-refractivity contribution >= 4 is 6.09 Å². The monoisotopic (exact) mass is 467 g/mol. The number of nitrogens with one attached hydrogen (secondary N) is 2. The first-order valence-corrected chi connectivity index (χ1v) is 12.3. The fraction of sp³-hybridized carbons (Fsp3) is 0.556. The minimum Gasteiger partial charge on any atom is -0.471 e. The van der Waals surface area contributed by atoms with E-state index in [1.165, 1.54) is 5.56 Å². The largest absolute Gasteiger partial charge is 0.471 e. The number of hydrogen-bond donors (Lipinski definition) is 4. The number of aliphatic hydroxyl groups excluding tert-OH is 1. The van der Waals surface area contributed by atoms with Crippen LogP contribution in [0.1, 0.15) is 69.2 Å². The van der Waals surface area contributed by atoms with E-state index in [0.717, 1.165) is 43.2 Å². The second-order valence-electron chi connectivity index (χ2n) is 11.1. The number of pyridine rings is 1. The molecule has 7 nitrogen and oxygen atoms in total. The van der Waals surface area contributed by atoms with Gasteiger partial charge in [-0.3, -0.25) is 0 Å². The lowest BCUT2D eigenvalue weighted by Crippen LogP contribution is -2.52. The zero-order valence-corrected chi connectivity index (χ0v) is 20.4. The van der Waals surface area contributed by atoms with Crippen molar-refractivity contribution in [1.29, 1.82) is 0 Å². The van der Waals surface area contributed by atoms with Crippen LogP contribution in [0.4, 0.5) is 4.79 Å². The van der Waals surface area contributed by atoms with Gasteiger partial charge in [0.15, 0.2) is 0 Å². The average Bonchev–Trinajstić information content (AvgIpc) is 2.75. The SMILES string of the molecule is CC(C)(C)Cc1cnc2c(c1)[C@@H](NC[C@H](O)[C@H](Cc1ccccc1)NC(=O)O)CC1(CCC1)O2. The zero-order valence-electron chi connectivity index (χ0n) is 20.4. The second kappa shape index (κ2) is 9.92. The third kappa shape index (κ3) is 6.07. The summed E-state index contributed by atoms with van der Waals surface area (Å²) in [6, 6.07) is 11.2. The third-order valence-corrected chi connectivity index (χ3v) is 6.84. The van der Waals surface area contributed by atoms with E-state index < -0.39 is 18.2 Å². The van der Waals surface area contributed by atoms with E-state index in [9.17, 15) is 15.0 Å². The van der Waals surface area contributed by atoms with Gasteiger partial charge >= 0.3 is 6.09 Å². The Kier molecular flexibility index (Phi) is 7.14. The number of nitrogens with zero attached hydrogens (tertiary/aromatic N) is 1. The fourth-order valence-electron chi connectivity index (χ4n) is 5.06. The maximum Gasteiger partial charge on any atom is 0.404 e. The molecule has 0 bridgehead atoms. The molecule has 1 fully saturated rings. The van der Waals surface area contributed by atoms with Crippen molar-refractivity contribution in [2.45, 2.75) is 83.1 Å². The van der Waals surface area contributed by atoms with Gasteiger partial charge in [-0.25, -0.2) is 9.78 Å². The molecule has 1 aliphatic carbocycles. The average molecular weight is 468 g/mol. The predicted octanol–water partition coefficient (Wildman–Crippen LogP) is 4.25. The van der Waals surface area contributed by atoms with Crippen LogP contribution >= 0.6 is 0 Å². The van der Waals surface area contributed by atoms with Gasteiger partial charge in [-0.05, 0) is 54.7 Å². The molecule has 7 heteroatoms. The van der Waals surface area contributed by atoms with Crippen molar-refractivity contribution in [1.82, 2.24) is 15.6 Å². The molecule has 184 valence electrons. The summed E-state index contributed by atoms with van der Waals surface area (Å²) in [6.45, 7) is 6.89. The second-order valence-corrected chi connectivity index (χ2v) is 11.1. The Bertz CT molecular complexity index is 985. The van der Waals surface area contributed by atoms with Crippen LogP contribution in [0.2, 0.25) is 0 Å². The number of rotatable bonds is 8. The Morgan fingerprint density at radius 2 is 1.97 bits per heavy atom. The van der Waals surface area contributed by atoms with Crippen LogP contribution in [0, 0.1) is 5.41 Å². The van der Waals surface area contributed by atoms with E-state index in [-0.39, 0.29) is 23.6 Å². The smallest absolute Gasteiger partial charge is 0.404 e. The topological polar surface area (TPSA) is 104 Å². The van der Waals surface area contributed by atoms with Crippen LogP contribution in [-0.2, 0) is 12.8 Å². The maximum atomic E-state index is 11.4. The predicted molar refractivity (Wildman–Crippen MR) is 131 cm³/mol. The molecule has 2 aliphatic rings. The lowest BCUT2D eigenvalue weighted by atomic mass is 9.73. The van der Waals surface area contributed by atoms with Crippen LogP contribution < -0.4 is 15.4 Å². The van der Waals surface area contributed by atoms with Crippen LogP contribution in [0.3, 0.4) is 0 Å². The summed E-state index contributed by atoms with van der Waals surface area (Å²) in [5.74, 6) is 0.681. The van der Waals surface area contributed by atoms with Crippen LogP contribution in [-0.4, -0.2) is 45.6 Å². The van der Waals surface area contributed by atoms with Crippen molar-refractivity contribution in [3.8, 4) is 5.88 Å². The van der Waals surface area contributed by atoms with E-state index in [4.69, 9.17) is 4.74 Å². The highest BCUT2D eigenvalue weighted by Gasteiger charge is 2.46.